The third-order valence-corrected chi connectivity index (χ3v) is 8.65. The van der Waals surface area contributed by atoms with Gasteiger partial charge in [-0.1, -0.05) is 24.3 Å². The zero-order valence-electron chi connectivity index (χ0n) is 22.5. The number of aliphatic hydroxyl groups is 1. The molecule has 2 unspecified atom stereocenters. The van der Waals surface area contributed by atoms with Crippen LogP contribution in [0.2, 0.25) is 0 Å². The Morgan fingerprint density at radius 2 is 1.82 bits per heavy atom. The molecule has 5 rings (SSSR count). The van der Waals surface area contributed by atoms with E-state index in [0.717, 1.165) is 42.5 Å². The first-order valence-electron chi connectivity index (χ1n) is 13.8. The molecule has 0 aromatic heterocycles. The van der Waals surface area contributed by atoms with Gasteiger partial charge >= 0.3 is 0 Å². The molecule has 0 saturated carbocycles. The number of piperidine rings is 1. The SMILES string of the molecule is COC1CC2CCC(C1)N2C(=O)c1ccc2c(c1)N(C)CCN(C[C@@H](O)CCc1ccccc1CN)C2=O. The molecule has 0 radical (unpaired) electrons. The van der Waals surface area contributed by atoms with Crippen LogP contribution >= 0.6 is 0 Å². The van der Waals surface area contributed by atoms with Gasteiger partial charge in [-0.15, -0.1) is 0 Å². The number of nitrogens with two attached hydrogens (primary N) is 1. The Labute approximate surface area is 225 Å². The number of anilines is 1. The highest BCUT2D eigenvalue weighted by atomic mass is 16.5. The first-order valence-corrected chi connectivity index (χ1v) is 13.8. The molecule has 3 heterocycles. The highest BCUT2D eigenvalue weighted by Gasteiger charge is 2.43. The van der Waals surface area contributed by atoms with Crippen molar-refractivity contribution in [3.63, 3.8) is 0 Å². The molecule has 2 fully saturated rings. The maximum atomic E-state index is 13.6. The largest absolute Gasteiger partial charge is 0.391 e. The first kappa shape index (κ1) is 26.7. The first-order chi connectivity index (χ1) is 18.4. The zero-order valence-corrected chi connectivity index (χ0v) is 22.5. The molecule has 3 N–H and O–H groups in total. The summed E-state index contributed by atoms with van der Waals surface area (Å²) >= 11 is 0. The van der Waals surface area contributed by atoms with Crippen LogP contribution < -0.4 is 10.6 Å². The lowest BCUT2D eigenvalue weighted by Crippen LogP contribution is -2.48. The van der Waals surface area contributed by atoms with E-state index < -0.39 is 6.10 Å². The van der Waals surface area contributed by atoms with Crippen LogP contribution in [0.5, 0.6) is 0 Å². The number of nitrogens with zero attached hydrogens (tertiary/aromatic N) is 3. The third-order valence-electron chi connectivity index (χ3n) is 8.65. The summed E-state index contributed by atoms with van der Waals surface area (Å²) in [4.78, 5) is 32.9. The Morgan fingerprint density at radius 3 is 2.50 bits per heavy atom. The minimum atomic E-state index is -0.636. The molecule has 2 bridgehead atoms. The Balaban J connectivity index is 1.27. The lowest BCUT2D eigenvalue weighted by molar-refractivity contribution is 0.00821. The number of methoxy groups -OCH3 is 1. The van der Waals surface area contributed by atoms with Crippen molar-refractivity contribution in [2.45, 2.75) is 69.4 Å². The van der Waals surface area contributed by atoms with Crippen molar-refractivity contribution in [1.29, 1.82) is 0 Å². The Hall–Kier alpha value is -2.94. The van der Waals surface area contributed by atoms with E-state index in [4.69, 9.17) is 10.5 Å². The molecule has 2 aromatic carbocycles. The molecule has 3 atom stereocenters. The van der Waals surface area contributed by atoms with E-state index in [-0.39, 0.29) is 36.5 Å². The highest BCUT2D eigenvalue weighted by Crippen LogP contribution is 2.38. The van der Waals surface area contributed by atoms with Crippen LogP contribution in [0.15, 0.2) is 42.5 Å². The lowest BCUT2D eigenvalue weighted by Gasteiger charge is -2.38. The molecule has 204 valence electrons. The van der Waals surface area contributed by atoms with Gasteiger partial charge in [0.25, 0.3) is 11.8 Å². The molecular formula is C30H40N4O4. The molecule has 38 heavy (non-hydrogen) atoms. The average Bonchev–Trinajstić information content (AvgIpc) is 3.14. The summed E-state index contributed by atoms with van der Waals surface area (Å²) in [5.74, 6) is -0.0595. The number of benzene rings is 2. The highest BCUT2D eigenvalue weighted by molar-refractivity contribution is 6.03. The molecule has 2 aromatic rings. The number of aryl methyl sites for hydroxylation is 1. The second-order valence-electron chi connectivity index (χ2n) is 11.0. The summed E-state index contributed by atoms with van der Waals surface area (Å²) in [6, 6.07) is 13.9. The van der Waals surface area contributed by atoms with Crippen LogP contribution in [0.3, 0.4) is 0 Å². The fourth-order valence-corrected chi connectivity index (χ4v) is 6.47. The van der Waals surface area contributed by atoms with Crippen molar-refractivity contribution < 1.29 is 19.4 Å². The molecule has 2 amide bonds. The van der Waals surface area contributed by atoms with Crippen LogP contribution in [0.25, 0.3) is 0 Å². The number of rotatable bonds is 8. The Bertz CT molecular complexity index is 1160. The Kier molecular flexibility index (Phi) is 8.02. The van der Waals surface area contributed by atoms with E-state index >= 15 is 0 Å². The maximum absolute atomic E-state index is 13.6. The number of aliphatic hydroxyl groups excluding tert-OH is 1. The molecule has 3 aliphatic heterocycles. The zero-order chi connectivity index (χ0) is 26.8. The number of hydrogen-bond acceptors (Lipinski definition) is 6. The van der Waals surface area contributed by atoms with Crippen LogP contribution in [-0.2, 0) is 17.7 Å². The minimum Gasteiger partial charge on any atom is -0.391 e. The maximum Gasteiger partial charge on any atom is 0.256 e. The number of ether oxygens (including phenoxy) is 1. The van der Waals surface area contributed by atoms with Crippen LogP contribution in [-0.4, -0.2) is 84.8 Å². The second kappa shape index (κ2) is 11.4. The number of likely N-dealkylation sites (N-methyl/N-ethyl adjacent to an activating group) is 1. The molecule has 0 aliphatic carbocycles. The van der Waals surface area contributed by atoms with Crippen molar-refractivity contribution in [1.82, 2.24) is 9.80 Å². The second-order valence-corrected chi connectivity index (χ2v) is 11.0. The quantitative estimate of drug-likeness (QED) is 0.555. The Morgan fingerprint density at radius 1 is 1.11 bits per heavy atom. The van der Waals surface area contributed by atoms with Crippen molar-refractivity contribution >= 4 is 17.5 Å². The summed E-state index contributed by atoms with van der Waals surface area (Å²) in [6.45, 7) is 1.88. The number of hydrogen-bond donors (Lipinski definition) is 2. The lowest BCUT2D eigenvalue weighted by atomic mass is 9.98. The van der Waals surface area contributed by atoms with Gasteiger partial charge < -0.3 is 30.3 Å². The van der Waals surface area contributed by atoms with Crippen LogP contribution in [0, 0.1) is 0 Å². The molecule has 8 nitrogen and oxygen atoms in total. The third kappa shape index (κ3) is 5.30. The van der Waals surface area contributed by atoms with Gasteiger partial charge in [-0.05, 0) is 67.9 Å². The van der Waals surface area contributed by atoms with Gasteiger partial charge in [0.1, 0.15) is 0 Å². The average molecular weight is 521 g/mol. The van der Waals surface area contributed by atoms with Gasteiger partial charge in [0.15, 0.2) is 0 Å². The summed E-state index contributed by atoms with van der Waals surface area (Å²) in [6.07, 6.45) is 4.67. The van der Waals surface area contributed by atoms with E-state index in [1.165, 1.54) is 0 Å². The van der Waals surface area contributed by atoms with Gasteiger partial charge in [-0.2, -0.15) is 0 Å². The summed E-state index contributed by atoms with van der Waals surface area (Å²) < 4.78 is 5.60. The van der Waals surface area contributed by atoms with Gasteiger partial charge in [-0.25, -0.2) is 0 Å². The van der Waals surface area contributed by atoms with Gasteiger partial charge in [0.2, 0.25) is 0 Å². The number of amides is 2. The van der Waals surface area contributed by atoms with Crippen molar-refractivity contribution in [3.05, 3.63) is 64.7 Å². The van der Waals surface area contributed by atoms with Gasteiger partial charge in [0.05, 0.1) is 23.5 Å². The number of β-amino-alcohol motifs (C(OH)–C–C–N with tert-alkyl or cyclic N) is 1. The van der Waals surface area contributed by atoms with E-state index in [2.05, 4.69) is 4.90 Å². The predicted octanol–water partition coefficient (Wildman–Crippen LogP) is 2.81. The van der Waals surface area contributed by atoms with Gasteiger partial charge in [-0.3, -0.25) is 9.59 Å². The fraction of sp³-hybridized carbons (Fsp3) is 0.533. The number of carbonyl (C=O) groups is 2. The van der Waals surface area contributed by atoms with Crippen molar-refractivity contribution in [3.8, 4) is 0 Å². The van der Waals surface area contributed by atoms with E-state index in [9.17, 15) is 14.7 Å². The molecule has 0 spiro atoms. The predicted molar refractivity (Wildman–Crippen MR) is 147 cm³/mol. The molecule has 3 aliphatic rings. The molecule has 8 heteroatoms. The summed E-state index contributed by atoms with van der Waals surface area (Å²) in [5.41, 5.74) is 10.0. The summed E-state index contributed by atoms with van der Waals surface area (Å²) in [7, 11) is 3.71. The smallest absolute Gasteiger partial charge is 0.256 e. The monoisotopic (exact) mass is 520 g/mol. The fourth-order valence-electron chi connectivity index (χ4n) is 6.47. The van der Waals surface area contributed by atoms with E-state index in [0.29, 0.717) is 43.6 Å². The van der Waals surface area contributed by atoms with Gasteiger partial charge in [0, 0.05) is 58.0 Å². The van der Waals surface area contributed by atoms with Crippen molar-refractivity contribution in [2.24, 2.45) is 5.73 Å². The topological polar surface area (TPSA) is 99.3 Å². The van der Waals surface area contributed by atoms with Crippen LogP contribution in [0.4, 0.5) is 5.69 Å². The molecule has 2 saturated heterocycles. The normalized spacial score (nSPS) is 23.8. The van der Waals surface area contributed by atoms with Crippen molar-refractivity contribution in [2.75, 3.05) is 38.7 Å². The summed E-state index contributed by atoms with van der Waals surface area (Å²) in [5, 5.41) is 10.8. The van der Waals surface area contributed by atoms with E-state index in [1.54, 1.807) is 24.1 Å². The van der Waals surface area contributed by atoms with E-state index in [1.807, 2.05) is 42.3 Å². The molecular weight excluding hydrogens is 480 g/mol. The van der Waals surface area contributed by atoms with Crippen LogP contribution in [0.1, 0.15) is 63.9 Å². The minimum absolute atomic E-state index is 0.0463. The number of carbonyl (C=O) groups excluding carboxylic acids is 2. The standard InChI is InChI=1S/C30H40N4O4/c1-32-13-14-33(19-25(35)11-7-20-5-3-4-6-22(20)18-31)30(37)27-12-8-21(15-28(27)32)29(36)34-23-9-10-24(34)17-26(16-23)38-2/h3-6,8,12,15,23-26,35H,7,9-11,13-14,16-19,31H2,1-2H3/t23?,24?,25-,26?/m0/s1. The number of fused-ring (bicyclic) bond motifs is 3.